The summed E-state index contributed by atoms with van der Waals surface area (Å²) in [5.41, 5.74) is 3.12. The van der Waals surface area contributed by atoms with Crippen LogP contribution in [0.5, 0.6) is 0 Å². The first kappa shape index (κ1) is 15.5. The van der Waals surface area contributed by atoms with Gasteiger partial charge < -0.3 is 15.1 Å². The molecule has 0 aliphatic rings. The van der Waals surface area contributed by atoms with Crippen molar-refractivity contribution >= 4 is 34.2 Å². The fourth-order valence-electron chi connectivity index (χ4n) is 2.22. The molecule has 120 valence electrons. The maximum atomic E-state index is 12.0. The number of hydrogen-bond donors (Lipinski definition) is 2. The number of thiazole rings is 1. The van der Waals surface area contributed by atoms with Gasteiger partial charge in [-0.05, 0) is 19.1 Å². The van der Waals surface area contributed by atoms with Crippen LogP contribution in [0.25, 0.3) is 11.1 Å². The van der Waals surface area contributed by atoms with Crippen LogP contribution in [0.15, 0.2) is 28.0 Å². The van der Waals surface area contributed by atoms with E-state index in [2.05, 4.69) is 20.6 Å². The van der Waals surface area contributed by atoms with Gasteiger partial charge >= 0.3 is 6.03 Å². The molecule has 0 fully saturated rings. The number of carbonyl (C=O) groups is 1. The van der Waals surface area contributed by atoms with E-state index in [1.807, 2.05) is 25.3 Å². The number of anilines is 1. The van der Waals surface area contributed by atoms with Crippen LogP contribution in [0.3, 0.4) is 0 Å². The molecule has 2 aromatic heterocycles. The molecule has 1 aromatic carbocycles. The number of aromatic nitrogens is 2. The van der Waals surface area contributed by atoms with Crippen molar-refractivity contribution in [3.05, 3.63) is 40.2 Å². The largest absolute Gasteiger partial charge is 0.441 e. The summed E-state index contributed by atoms with van der Waals surface area (Å²) in [5.74, 6) is 0.785. The lowest BCUT2D eigenvalue weighted by atomic mass is 10.2. The van der Waals surface area contributed by atoms with Crippen LogP contribution in [0, 0.1) is 13.8 Å². The average molecular weight is 330 g/mol. The Bertz CT molecular complexity index is 840. The predicted octanol–water partition coefficient (Wildman–Crippen LogP) is 3.83. The first-order chi connectivity index (χ1) is 11.0. The summed E-state index contributed by atoms with van der Waals surface area (Å²) in [6, 6.07) is 5.14. The fourth-order valence-corrected chi connectivity index (χ4v) is 3.08. The van der Waals surface area contributed by atoms with Crippen molar-refractivity contribution in [1.29, 1.82) is 0 Å². The van der Waals surface area contributed by atoms with Crippen molar-refractivity contribution in [1.82, 2.24) is 15.3 Å². The number of nitrogens with one attached hydrogen (secondary N) is 2. The molecule has 3 rings (SSSR count). The summed E-state index contributed by atoms with van der Waals surface area (Å²) in [7, 11) is 0. The Morgan fingerprint density at radius 1 is 1.35 bits per heavy atom. The number of amides is 2. The van der Waals surface area contributed by atoms with E-state index in [0.29, 0.717) is 23.7 Å². The van der Waals surface area contributed by atoms with Crippen molar-refractivity contribution < 1.29 is 9.21 Å². The summed E-state index contributed by atoms with van der Waals surface area (Å²) in [6.45, 7) is 6.33. The second-order valence-electron chi connectivity index (χ2n) is 5.48. The zero-order valence-electron chi connectivity index (χ0n) is 13.2. The summed E-state index contributed by atoms with van der Waals surface area (Å²) in [5, 5.41) is 8.71. The molecule has 0 aliphatic heterocycles. The van der Waals surface area contributed by atoms with Gasteiger partial charge in [-0.15, -0.1) is 11.3 Å². The van der Waals surface area contributed by atoms with Crippen LogP contribution in [-0.4, -0.2) is 22.5 Å². The van der Waals surface area contributed by atoms with Crippen LogP contribution in [0.1, 0.15) is 29.4 Å². The SMILES string of the molecule is Cc1csc([C@H](C)CNC(=O)Nc2ccc3nc(C)oc3c2)n1. The lowest BCUT2D eigenvalue weighted by molar-refractivity contribution is 0.251. The number of oxazole rings is 1. The van der Waals surface area contributed by atoms with Crippen LogP contribution in [0.4, 0.5) is 10.5 Å². The Morgan fingerprint density at radius 3 is 2.91 bits per heavy atom. The number of benzene rings is 1. The molecule has 1 atom stereocenters. The molecule has 2 amide bonds. The number of fused-ring (bicyclic) bond motifs is 1. The van der Waals surface area contributed by atoms with Gasteiger partial charge in [0.1, 0.15) is 5.52 Å². The normalized spacial score (nSPS) is 12.3. The first-order valence-electron chi connectivity index (χ1n) is 7.35. The minimum Gasteiger partial charge on any atom is -0.441 e. The lowest BCUT2D eigenvalue weighted by Crippen LogP contribution is -2.31. The molecule has 0 spiro atoms. The van der Waals surface area contributed by atoms with E-state index in [-0.39, 0.29) is 11.9 Å². The van der Waals surface area contributed by atoms with E-state index in [1.165, 1.54) is 0 Å². The van der Waals surface area contributed by atoms with Gasteiger partial charge in [-0.1, -0.05) is 6.92 Å². The third-order valence-electron chi connectivity index (χ3n) is 3.38. The topological polar surface area (TPSA) is 80.0 Å². The number of nitrogens with zero attached hydrogens (tertiary/aromatic N) is 2. The Morgan fingerprint density at radius 2 is 2.17 bits per heavy atom. The van der Waals surface area contributed by atoms with E-state index in [9.17, 15) is 4.79 Å². The molecule has 0 saturated carbocycles. The molecular weight excluding hydrogens is 312 g/mol. The monoisotopic (exact) mass is 330 g/mol. The lowest BCUT2D eigenvalue weighted by Gasteiger charge is -2.11. The van der Waals surface area contributed by atoms with Gasteiger partial charge in [0.15, 0.2) is 11.5 Å². The van der Waals surface area contributed by atoms with E-state index in [0.717, 1.165) is 16.2 Å². The third-order valence-corrected chi connectivity index (χ3v) is 4.57. The molecule has 0 aliphatic carbocycles. The zero-order chi connectivity index (χ0) is 16.4. The van der Waals surface area contributed by atoms with Crippen LogP contribution < -0.4 is 10.6 Å². The highest BCUT2D eigenvalue weighted by molar-refractivity contribution is 7.09. The van der Waals surface area contributed by atoms with Crippen LogP contribution >= 0.6 is 11.3 Å². The minimum atomic E-state index is -0.249. The summed E-state index contributed by atoms with van der Waals surface area (Å²) in [4.78, 5) is 20.7. The standard InChI is InChI=1S/C16H18N4O2S/c1-9(15-18-10(2)8-23-15)7-17-16(21)20-12-4-5-13-14(6-12)22-11(3)19-13/h4-6,8-9H,7H2,1-3H3,(H2,17,20,21)/t9-/m1/s1. The number of rotatable bonds is 4. The number of aryl methyl sites for hydroxylation is 2. The van der Waals surface area contributed by atoms with Gasteiger partial charge in [0, 0.05) is 42.2 Å². The second-order valence-corrected chi connectivity index (χ2v) is 6.37. The smallest absolute Gasteiger partial charge is 0.319 e. The van der Waals surface area contributed by atoms with Crippen molar-refractivity contribution in [3.63, 3.8) is 0 Å². The predicted molar refractivity (Wildman–Crippen MR) is 91.0 cm³/mol. The molecule has 0 saturated heterocycles. The first-order valence-corrected chi connectivity index (χ1v) is 8.23. The molecule has 0 bridgehead atoms. The molecule has 3 aromatic rings. The Hall–Kier alpha value is -2.41. The fraction of sp³-hybridized carbons (Fsp3) is 0.312. The maximum Gasteiger partial charge on any atom is 0.319 e. The van der Waals surface area contributed by atoms with Gasteiger partial charge in [-0.2, -0.15) is 0 Å². The van der Waals surface area contributed by atoms with E-state index in [1.54, 1.807) is 30.4 Å². The van der Waals surface area contributed by atoms with Crippen LogP contribution in [-0.2, 0) is 0 Å². The average Bonchev–Trinajstić information content (AvgIpc) is 3.09. The molecule has 7 heteroatoms. The van der Waals surface area contributed by atoms with E-state index < -0.39 is 0 Å². The molecular formula is C16H18N4O2S. The van der Waals surface area contributed by atoms with Crippen LogP contribution in [0.2, 0.25) is 0 Å². The minimum absolute atomic E-state index is 0.179. The molecule has 2 N–H and O–H groups in total. The third kappa shape index (κ3) is 3.68. The maximum absolute atomic E-state index is 12.0. The summed E-state index contributed by atoms with van der Waals surface area (Å²) in [6.07, 6.45) is 0. The molecule has 23 heavy (non-hydrogen) atoms. The molecule has 6 nitrogen and oxygen atoms in total. The zero-order valence-corrected chi connectivity index (χ0v) is 14.0. The van der Waals surface area contributed by atoms with Gasteiger partial charge in [0.2, 0.25) is 0 Å². The van der Waals surface area contributed by atoms with Crippen molar-refractivity contribution in [2.24, 2.45) is 0 Å². The van der Waals surface area contributed by atoms with Crippen molar-refractivity contribution in [2.75, 3.05) is 11.9 Å². The summed E-state index contributed by atoms with van der Waals surface area (Å²) < 4.78 is 5.46. The van der Waals surface area contributed by atoms with Gasteiger partial charge in [0.05, 0.1) is 5.01 Å². The van der Waals surface area contributed by atoms with Gasteiger partial charge in [0.25, 0.3) is 0 Å². The number of carbonyl (C=O) groups excluding carboxylic acids is 1. The van der Waals surface area contributed by atoms with E-state index >= 15 is 0 Å². The van der Waals surface area contributed by atoms with Crippen molar-refractivity contribution in [3.8, 4) is 0 Å². The Kier molecular flexibility index (Phi) is 4.29. The van der Waals surface area contributed by atoms with E-state index in [4.69, 9.17) is 4.42 Å². The van der Waals surface area contributed by atoms with Gasteiger partial charge in [-0.3, -0.25) is 0 Å². The Balaban J connectivity index is 1.57. The highest BCUT2D eigenvalue weighted by atomic mass is 32.1. The summed E-state index contributed by atoms with van der Waals surface area (Å²) >= 11 is 1.61. The number of hydrogen-bond acceptors (Lipinski definition) is 5. The second kappa shape index (κ2) is 6.37. The molecule has 2 heterocycles. The highest BCUT2D eigenvalue weighted by Crippen LogP contribution is 2.20. The molecule has 0 radical (unpaired) electrons. The quantitative estimate of drug-likeness (QED) is 0.762. The highest BCUT2D eigenvalue weighted by Gasteiger charge is 2.11. The Labute approximate surface area is 137 Å². The molecule has 0 unspecified atom stereocenters. The number of urea groups is 1. The van der Waals surface area contributed by atoms with Gasteiger partial charge in [-0.25, -0.2) is 14.8 Å². The van der Waals surface area contributed by atoms with Crippen molar-refractivity contribution in [2.45, 2.75) is 26.7 Å².